The molecule has 0 N–H and O–H groups in total. The summed E-state index contributed by atoms with van der Waals surface area (Å²) < 4.78 is 18.4. The first-order valence-electron chi connectivity index (χ1n) is 5.66. The topological polar surface area (TPSA) is 9.23 Å². The SMILES string of the molecule is CCCCCC(Br)c1cc(F)ccc1OC. The third-order valence-electron chi connectivity index (χ3n) is 2.59. The van der Waals surface area contributed by atoms with Crippen molar-refractivity contribution in [1.82, 2.24) is 0 Å². The van der Waals surface area contributed by atoms with Gasteiger partial charge in [0, 0.05) is 10.4 Å². The molecule has 3 heteroatoms. The van der Waals surface area contributed by atoms with Crippen molar-refractivity contribution < 1.29 is 9.13 Å². The molecule has 0 radical (unpaired) electrons. The van der Waals surface area contributed by atoms with Gasteiger partial charge in [-0.15, -0.1) is 0 Å². The molecule has 0 aliphatic carbocycles. The molecular formula is C13H18BrFO. The Morgan fingerprint density at radius 1 is 1.38 bits per heavy atom. The maximum atomic E-state index is 13.2. The minimum absolute atomic E-state index is 0.171. The molecule has 16 heavy (non-hydrogen) atoms. The summed E-state index contributed by atoms with van der Waals surface area (Å²) in [7, 11) is 1.61. The van der Waals surface area contributed by atoms with Crippen LogP contribution in [0.1, 0.15) is 43.0 Å². The van der Waals surface area contributed by atoms with Crippen molar-refractivity contribution in [1.29, 1.82) is 0 Å². The Hall–Kier alpha value is -0.570. The predicted molar refractivity (Wildman–Crippen MR) is 68.8 cm³/mol. The molecule has 0 fully saturated rings. The minimum Gasteiger partial charge on any atom is -0.496 e. The number of hydrogen-bond acceptors (Lipinski definition) is 1. The molecule has 0 amide bonds. The molecule has 0 spiro atoms. The molecule has 1 aromatic carbocycles. The molecule has 0 aliphatic heterocycles. The maximum absolute atomic E-state index is 13.2. The molecule has 0 heterocycles. The molecule has 0 aromatic heterocycles. The van der Waals surface area contributed by atoms with Gasteiger partial charge in [0.25, 0.3) is 0 Å². The number of ether oxygens (including phenoxy) is 1. The van der Waals surface area contributed by atoms with Crippen molar-refractivity contribution in [3.05, 3.63) is 29.6 Å². The predicted octanol–water partition coefficient (Wildman–Crippen LogP) is 4.85. The zero-order valence-corrected chi connectivity index (χ0v) is 11.4. The number of benzene rings is 1. The summed E-state index contributed by atoms with van der Waals surface area (Å²) in [5.41, 5.74) is 0.901. The summed E-state index contributed by atoms with van der Waals surface area (Å²) in [6.07, 6.45) is 4.56. The van der Waals surface area contributed by atoms with Gasteiger partial charge in [-0.3, -0.25) is 0 Å². The van der Waals surface area contributed by atoms with E-state index < -0.39 is 0 Å². The Kier molecular flexibility index (Phi) is 5.81. The van der Waals surface area contributed by atoms with Gasteiger partial charge in [0.05, 0.1) is 7.11 Å². The quantitative estimate of drug-likeness (QED) is 0.537. The van der Waals surface area contributed by atoms with Crippen LogP contribution < -0.4 is 4.74 Å². The van der Waals surface area contributed by atoms with Gasteiger partial charge in [-0.2, -0.15) is 0 Å². The summed E-state index contributed by atoms with van der Waals surface area (Å²) in [6, 6.07) is 4.65. The van der Waals surface area contributed by atoms with Gasteiger partial charge in [0.2, 0.25) is 0 Å². The summed E-state index contributed by atoms with van der Waals surface area (Å²) in [5.74, 6) is 0.538. The number of unbranched alkanes of at least 4 members (excludes halogenated alkanes) is 2. The highest BCUT2D eigenvalue weighted by atomic mass is 79.9. The Bertz CT molecular complexity index is 328. The summed E-state index contributed by atoms with van der Waals surface area (Å²) >= 11 is 3.60. The van der Waals surface area contributed by atoms with Gasteiger partial charge in [-0.25, -0.2) is 4.39 Å². The van der Waals surface area contributed by atoms with Gasteiger partial charge < -0.3 is 4.74 Å². The monoisotopic (exact) mass is 288 g/mol. The standard InChI is InChI=1S/C13H18BrFO/c1-3-4-5-6-12(14)11-9-10(15)7-8-13(11)16-2/h7-9,12H,3-6H2,1-2H3. The fourth-order valence-electron chi connectivity index (χ4n) is 1.68. The van der Waals surface area contributed by atoms with Crippen LogP contribution in [0.2, 0.25) is 0 Å². The van der Waals surface area contributed by atoms with E-state index in [1.807, 2.05) is 0 Å². The zero-order chi connectivity index (χ0) is 12.0. The lowest BCUT2D eigenvalue weighted by Gasteiger charge is -2.14. The van der Waals surface area contributed by atoms with Crippen LogP contribution in [0.15, 0.2) is 18.2 Å². The van der Waals surface area contributed by atoms with Crippen LogP contribution in [0.5, 0.6) is 5.75 Å². The van der Waals surface area contributed by atoms with Gasteiger partial charge in [0.1, 0.15) is 11.6 Å². The summed E-state index contributed by atoms with van der Waals surface area (Å²) in [5, 5.41) is 0. The van der Waals surface area contributed by atoms with E-state index in [0.29, 0.717) is 0 Å². The van der Waals surface area contributed by atoms with Crippen molar-refractivity contribution >= 4 is 15.9 Å². The first-order valence-corrected chi connectivity index (χ1v) is 6.58. The second-order valence-electron chi connectivity index (χ2n) is 3.85. The molecular weight excluding hydrogens is 271 g/mol. The molecule has 1 atom stereocenters. The lowest BCUT2D eigenvalue weighted by Crippen LogP contribution is -1.96. The first-order chi connectivity index (χ1) is 7.69. The fraction of sp³-hybridized carbons (Fsp3) is 0.538. The van der Waals surface area contributed by atoms with Crippen molar-refractivity contribution in [2.75, 3.05) is 7.11 Å². The van der Waals surface area contributed by atoms with E-state index in [2.05, 4.69) is 22.9 Å². The lowest BCUT2D eigenvalue weighted by atomic mass is 10.1. The van der Waals surface area contributed by atoms with E-state index in [1.54, 1.807) is 19.2 Å². The highest BCUT2D eigenvalue weighted by molar-refractivity contribution is 9.09. The maximum Gasteiger partial charge on any atom is 0.123 e. The molecule has 90 valence electrons. The third kappa shape index (κ3) is 3.78. The van der Waals surface area contributed by atoms with E-state index >= 15 is 0 Å². The van der Waals surface area contributed by atoms with Gasteiger partial charge in [-0.1, -0.05) is 42.1 Å². The number of alkyl halides is 1. The van der Waals surface area contributed by atoms with Crippen molar-refractivity contribution in [3.8, 4) is 5.75 Å². The van der Waals surface area contributed by atoms with Gasteiger partial charge in [0.15, 0.2) is 0 Å². The second kappa shape index (κ2) is 6.89. The molecule has 1 nitrogen and oxygen atoms in total. The number of hydrogen-bond donors (Lipinski definition) is 0. The lowest BCUT2D eigenvalue weighted by molar-refractivity contribution is 0.407. The Balaban J connectivity index is 2.72. The van der Waals surface area contributed by atoms with Crippen LogP contribution in [-0.4, -0.2) is 7.11 Å². The third-order valence-corrected chi connectivity index (χ3v) is 3.54. The van der Waals surface area contributed by atoms with E-state index in [1.165, 1.54) is 18.9 Å². The van der Waals surface area contributed by atoms with Crippen LogP contribution in [0.25, 0.3) is 0 Å². The average molecular weight is 289 g/mol. The van der Waals surface area contributed by atoms with Crippen LogP contribution in [0, 0.1) is 5.82 Å². The van der Waals surface area contributed by atoms with Crippen LogP contribution in [0.4, 0.5) is 4.39 Å². The molecule has 0 aliphatic rings. The summed E-state index contributed by atoms with van der Waals surface area (Å²) in [4.78, 5) is 0.171. The van der Waals surface area contributed by atoms with Crippen molar-refractivity contribution in [2.24, 2.45) is 0 Å². The minimum atomic E-state index is -0.212. The van der Waals surface area contributed by atoms with Crippen molar-refractivity contribution in [3.63, 3.8) is 0 Å². The van der Waals surface area contributed by atoms with Gasteiger partial charge >= 0.3 is 0 Å². The van der Waals surface area contributed by atoms with Gasteiger partial charge in [-0.05, 0) is 24.6 Å². The Labute approximate surface area is 105 Å². The molecule has 0 saturated carbocycles. The van der Waals surface area contributed by atoms with E-state index in [4.69, 9.17) is 4.74 Å². The molecule has 0 bridgehead atoms. The molecule has 1 unspecified atom stereocenters. The molecule has 1 aromatic rings. The number of rotatable bonds is 6. The average Bonchev–Trinajstić information content (AvgIpc) is 2.29. The van der Waals surface area contributed by atoms with Crippen LogP contribution in [-0.2, 0) is 0 Å². The Morgan fingerprint density at radius 3 is 2.75 bits per heavy atom. The Morgan fingerprint density at radius 2 is 2.12 bits per heavy atom. The van der Waals surface area contributed by atoms with Crippen LogP contribution in [0.3, 0.4) is 0 Å². The highest BCUT2D eigenvalue weighted by Crippen LogP contribution is 2.35. The van der Waals surface area contributed by atoms with E-state index in [0.717, 1.165) is 24.2 Å². The molecule has 1 rings (SSSR count). The first kappa shape index (κ1) is 13.5. The van der Waals surface area contributed by atoms with Crippen molar-refractivity contribution in [2.45, 2.75) is 37.4 Å². The number of methoxy groups -OCH3 is 1. The molecule has 0 saturated heterocycles. The van der Waals surface area contributed by atoms with Crippen LogP contribution >= 0.6 is 15.9 Å². The second-order valence-corrected chi connectivity index (χ2v) is 4.95. The van der Waals surface area contributed by atoms with E-state index in [9.17, 15) is 4.39 Å². The fourth-order valence-corrected chi connectivity index (χ4v) is 2.36. The summed E-state index contributed by atoms with van der Waals surface area (Å²) in [6.45, 7) is 2.17. The smallest absolute Gasteiger partial charge is 0.123 e. The largest absolute Gasteiger partial charge is 0.496 e. The normalized spacial score (nSPS) is 12.5. The number of halogens is 2. The zero-order valence-electron chi connectivity index (χ0n) is 9.80. The highest BCUT2D eigenvalue weighted by Gasteiger charge is 2.13. The van der Waals surface area contributed by atoms with E-state index in [-0.39, 0.29) is 10.6 Å².